The Balaban J connectivity index is 1.62. The minimum atomic E-state index is -4.36. The molecule has 6 aromatic carbocycles. The Morgan fingerprint density at radius 3 is 1.14 bits per heavy atom. The largest absolute Gasteiger partial charge is 0.496 e. The van der Waals surface area contributed by atoms with Gasteiger partial charge in [-0.25, -0.2) is 0 Å². The van der Waals surface area contributed by atoms with Crippen molar-refractivity contribution in [3.63, 3.8) is 0 Å². The van der Waals surface area contributed by atoms with Gasteiger partial charge in [0, 0.05) is 66.9 Å². The van der Waals surface area contributed by atoms with Gasteiger partial charge < -0.3 is 23.8 Å². The van der Waals surface area contributed by atoms with Gasteiger partial charge in [0.25, 0.3) is 10.1 Å². The number of benzene rings is 6. The molecule has 0 fully saturated rings. The highest BCUT2D eigenvalue weighted by molar-refractivity contribution is 7.87. The van der Waals surface area contributed by atoms with Gasteiger partial charge in [-0.15, -0.1) is 0 Å². The maximum atomic E-state index is 14.9. The molecule has 8 nitrogen and oxygen atoms in total. The molecule has 0 amide bonds. The van der Waals surface area contributed by atoms with Gasteiger partial charge in [-0.3, -0.25) is 4.18 Å². The lowest BCUT2D eigenvalue weighted by Gasteiger charge is -2.31. The van der Waals surface area contributed by atoms with Crippen LogP contribution in [0.1, 0.15) is 156 Å². The first kappa shape index (κ1) is 52.3. The molecule has 8 bridgehead atoms. The zero-order valence-corrected chi connectivity index (χ0v) is 46.0. The van der Waals surface area contributed by atoms with Crippen LogP contribution in [0, 0.1) is 0 Å². The lowest BCUT2D eigenvalue weighted by molar-refractivity contribution is 0.297. The van der Waals surface area contributed by atoms with Crippen LogP contribution in [-0.2, 0) is 55.2 Å². The van der Waals surface area contributed by atoms with E-state index in [1.54, 1.807) is 40.6 Å². The van der Waals surface area contributed by atoms with E-state index in [0.29, 0.717) is 36.1 Å². The van der Waals surface area contributed by atoms with Crippen LogP contribution >= 0.6 is 0 Å². The lowest BCUT2D eigenvalue weighted by atomic mass is 9.77. The van der Waals surface area contributed by atoms with Crippen molar-refractivity contribution in [2.24, 2.45) is 0 Å². The summed E-state index contributed by atoms with van der Waals surface area (Å²) in [5.41, 5.74) is 12.1. The smallest absolute Gasteiger partial charge is 0.297 e. The summed E-state index contributed by atoms with van der Waals surface area (Å²) in [5.74, 6) is 2.24. The number of anilines is 1. The molecule has 9 heteroatoms. The molecule has 0 saturated heterocycles. The highest BCUT2D eigenvalue weighted by atomic mass is 32.2. The third-order valence-corrected chi connectivity index (χ3v) is 15.4. The molecule has 0 unspecified atom stereocenters. The van der Waals surface area contributed by atoms with E-state index in [2.05, 4.69) is 132 Å². The molecule has 1 aliphatic rings. The first-order chi connectivity index (χ1) is 32.6. The second kappa shape index (κ2) is 19.2. The quantitative estimate of drug-likeness (QED) is 0.133. The van der Waals surface area contributed by atoms with Gasteiger partial charge in [-0.1, -0.05) is 156 Å². The molecule has 0 saturated carbocycles. The molecule has 7 rings (SSSR count). The van der Waals surface area contributed by atoms with Crippen molar-refractivity contribution in [3.05, 3.63) is 152 Å². The molecule has 0 aromatic heterocycles. The summed E-state index contributed by atoms with van der Waals surface area (Å²) in [4.78, 5) is 2.10. The molecule has 0 atom stereocenters. The van der Waals surface area contributed by atoms with Crippen molar-refractivity contribution in [2.75, 3.05) is 54.0 Å². The lowest BCUT2D eigenvalue weighted by Crippen LogP contribution is -2.21. The number of rotatable bonds is 9. The van der Waals surface area contributed by atoms with Gasteiger partial charge in [-0.05, 0) is 89.4 Å². The minimum Gasteiger partial charge on any atom is -0.496 e. The van der Waals surface area contributed by atoms with E-state index in [9.17, 15) is 8.42 Å². The maximum Gasteiger partial charge on any atom is 0.297 e. The molecule has 0 N–H and O–H groups in total. The van der Waals surface area contributed by atoms with Gasteiger partial charge in [0.1, 0.15) is 27.9 Å². The Hall–Kier alpha value is -5.51. The van der Waals surface area contributed by atoms with E-state index in [1.807, 2.05) is 43.3 Å². The van der Waals surface area contributed by atoms with E-state index >= 15 is 0 Å². The predicted molar refractivity (Wildman–Crippen MR) is 288 cm³/mol. The standard InChI is InChI=1S/C61H77NO7S/c1-58(2,3)43-28-37-25-38-29-44(59(4,5)6)31-40(55(38)66-16)27-42-33-46(61(10,11)12)35-50(57(42)68-18)51(36-69-70(63,64)53-24-20-21-47-48(53)22-19-23-52(47)62(13)14)49-34-45(60(7,8)9)32-41(56(49)67-17)26-39(30-43)54(37)65-15/h19-24,28-35,51H,25-27,36H2,1-18H3. The van der Waals surface area contributed by atoms with Crippen molar-refractivity contribution >= 4 is 26.6 Å². The highest BCUT2D eigenvalue weighted by Crippen LogP contribution is 2.48. The molecule has 0 spiro atoms. The van der Waals surface area contributed by atoms with E-state index in [-0.39, 0.29) is 33.2 Å². The average molecular weight is 968 g/mol. The summed E-state index contributed by atoms with van der Waals surface area (Å²) in [6, 6.07) is 29.1. The molecule has 6 aromatic rings. The Morgan fingerprint density at radius 2 is 0.800 bits per heavy atom. The van der Waals surface area contributed by atoms with Crippen LogP contribution in [0.2, 0.25) is 0 Å². The summed E-state index contributed by atoms with van der Waals surface area (Å²) in [6.07, 6.45) is 1.53. The zero-order valence-electron chi connectivity index (χ0n) is 45.2. The molecular weight excluding hydrogens is 891 g/mol. The third kappa shape index (κ3) is 10.4. The van der Waals surface area contributed by atoms with Crippen molar-refractivity contribution in [1.82, 2.24) is 0 Å². The maximum absolute atomic E-state index is 14.9. The fraction of sp³-hybridized carbons (Fsp3) is 0.443. The number of methoxy groups -OCH3 is 4. The molecule has 0 radical (unpaired) electrons. The SMILES string of the molecule is COc1c2cc(C(C)(C)C)cc1Cc1cc(C(C)(C)C)cc(c1OC)C(COS(=O)(=O)c1cccc3c(N(C)C)cccc13)c1cc(C(C)(C)C)cc(c1OC)Cc1cc(C(C)(C)C)cc(c1OC)C2. The van der Waals surface area contributed by atoms with Crippen LogP contribution in [-0.4, -0.2) is 57.6 Å². The van der Waals surface area contributed by atoms with E-state index < -0.39 is 16.0 Å². The second-order valence-corrected chi connectivity index (χ2v) is 25.1. The number of fused-ring (bicyclic) bond motifs is 9. The Kier molecular flexibility index (Phi) is 14.4. The molecule has 1 aliphatic carbocycles. The van der Waals surface area contributed by atoms with E-state index in [0.717, 1.165) is 78.2 Å². The molecule has 374 valence electrons. The number of nitrogens with zero attached hydrogens (tertiary/aromatic N) is 1. The van der Waals surface area contributed by atoms with E-state index in [4.69, 9.17) is 23.1 Å². The van der Waals surface area contributed by atoms with Gasteiger partial charge in [0.05, 0.1) is 35.0 Å². The summed E-state index contributed by atoms with van der Waals surface area (Å²) in [6.45, 7) is 26.5. The Labute approximate surface area is 419 Å². The van der Waals surface area contributed by atoms with Gasteiger partial charge >= 0.3 is 0 Å². The summed E-state index contributed by atoms with van der Waals surface area (Å²) in [7, 11) is 6.48. The molecule has 70 heavy (non-hydrogen) atoms. The topological polar surface area (TPSA) is 83.5 Å². The Bertz CT molecular complexity index is 2900. The van der Waals surface area contributed by atoms with Crippen LogP contribution in [0.4, 0.5) is 5.69 Å². The Morgan fingerprint density at radius 1 is 0.471 bits per heavy atom. The van der Waals surface area contributed by atoms with Crippen LogP contribution in [0.25, 0.3) is 10.8 Å². The van der Waals surface area contributed by atoms with Gasteiger partial charge in [0.15, 0.2) is 0 Å². The fourth-order valence-corrected chi connectivity index (χ4v) is 11.2. The second-order valence-electron chi connectivity index (χ2n) is 23.5. The highest BCUT2D eigenvalue weighted by Gasteiger charge is 2.34. The molecule has 0 aliphatic heterocycles. The van der Waals surface area contributed by atoms with Crippen LogP contribution in [0.15, 0.2) is 89.8 Å². The number of hydrogen-bond donors (Lipinski definition) is 0. The monoisotopic (exact) mass is 968 g/mol. The van der Waals surface area contributed by atoms with Crippen molar-refractivity contribution in [1.29, 1.82) is 0 Å². The normalized spacial score (nSPS) is 13.9. The predicted octanol–water partition coefficient (Wildman–Crippen LogP) is 13.8. The third-order valence-electron chi connectivity index (χ3n) is 14.0. The number of hydrogen-bond acceptors (Lipinski definition) is 8. The van der Waals surface area contributed by atoms with Crippen LogP contribution in [0.5, 0.6) is 23.0 Å². The number of ether oxygens (including phenoxy) is 4. The van der Waals surface area contributed by atoms with Gasteiger partial charge in [0.2, 0.25) is 0 Å². The van der Waals surface area contributed by atoms with Gasteiger partial charge in [-0.2, -0.15) is 8.42 Å². The fourth-order valence-electron chi connectivity index (χ4n) is 10.1. The zero-order chi connectivity index (χ0) is 51.5. The van der Waals surface area contributed by atoms with Crippen LogP contribution < -0.4 is 23.8 Å². The van der Waals surface area contributed by atoms with Crippen LogP contribution in [0.3, 0.4) is 0 Å². The first-order valence-electron chi connectivity index (χ1n) is 24.5. The molecular formula is C61H77NO7S. The van der Waals surface area contributed by atoms with Crippen molar-refractivity contribution in [2.45, 2.75) is 135 Å². The van der Waals surface area contributed by atoms with E-state index in [1.165, 1.54) is 11.1 Å². The van der Waals surface area contributed by atoms with Crippen molar-refractivity contribution in [3.8, 4) is 23.0 Å². The summed E-state index contributed by atoms with van der Waals surface area (Å²) >= 11 is 0. The minimum absolute atomic E-state index is 0.109. The van der Waals surface area contributed by atoms with Crippen molar-refractivity contribution < 1.29 is 31.5 Å². The average Bonchev–Trinajstić information content (AvgIpc) is 3.26. The summed E-state index contributed by atoms with van der Waals surface area (Å²) in [5, 5.41) is 1.41. The molecule has 0 heterocycles. The first-order valence-corrected chi connectivity index (χ1v) is 25.9. The summed E-state index contributed by atoms with van der Waals surface area (Å²) < 4.78 is 62.6.